The highest BCUT2D eigenvalue weighted by atomic mass is 35.5. The van der Waals surface area contributed by atoms with Gasteiger partial charge in [0.25, 0.3) is 0 Å². The van der Waals surface area contributed by atoms with Crippen molar-refractivity contribution < 1.29 is 14.7 Å². The summed E-state index contributed by atoms with van der Waals surface area (Å²) in [4.78, 5) is 23.3. The molecule has 1 amide bonds. The zero-order valence-electron chi connectivity index (χ0n) is 11.1. The second-order valence-corrected chi connectivity index (χ2v) is 4.92. The Morgan fingerprint density at radius 1 is 1.05 bits per heavy atom. The number of rotatable bonds is 5. The lowest BCUT2D eigenvalue weighted by atomic mass is 10.1. The van der Waals surface area contributed by atoms with Gasteiger partial charge >= 0.3 is 5.97 Å². The van der Waals surface area contributed by atoms with Crippen LogP contribution in [0.4, 0.5) is 0 Å². The second-order valence-electron chi connectivity index (χ2n) is 4.52. The van der Waals surface area contributed by atoms with Crippen molar-refractivity contribution in [1.82, 2.24) is 5.32 Å². The van der Waals surface area contributed by atoms with Gasteiger partial charge < -0.3 is 10.4 Å². The number of carbonyl (C=O) groups excluding carboxylic acids is 1. The highest BCUT2D eigenvalue weighted by Crippen LogP contribution is 2.17. The third kappa shape index (κ3) is 4.07. The summed E-state index contributed by atoms with van der Waals surface area (Å²) in [5.74, 6) is -1.49. The van der Waals surface area contributed by atoms with Crippen LogP contribution in [0.3, 0.4) is 0 Å². The summed E-state index contributed by atoms with van der Waals surface area (Å²) >= 11 is 5.99. The molecule has 2 aromatic rings. The number of aliphatic carboxylic acids is 1. The van der Waals surface area contributed by atoms with Gasteiger partial charge in [0.05, 0.1) is 6.42 Å². The Hall–Kier alpha value is -2.33. The van der Waals surface area contributed by atoms with Crippen LogP contribution in [-0.2, 0) is 16.0 Å². The summed E-state index contributed by atoms with van der Waals surface area (Å²) in [7, 11) is 0. The molecule has 2 rings (SSSR count). The number of carboxylic acid groups (broad SMARTS) is 1. The number of benzene rings is 2. The monoisotopic (exact) mass is 303 g/mol. The van der Waals surface area contributed by atoms with Crippen molar-refractivity contribution >= 4 is 23.5 Å². The van der Waals surface area contributed by atoms with Crippen molar-refractivity contribution in [3.63, 3.8) is 0 Å². The summed E-state index contributed by atoms with van der Waals surface area (Å²) in [5.41, 5.74) is 1.19. The summed E-state index contributed by atoms with van der Waals surface area (Å²) < 4.78 is 0. The molecule has 0 aliphatic carbocycles. The number of hydrogen-bond acceptors (Lipinski definition) is 2. The van der Waals surface area contributed by atoms with Crippen LogP contribution in [0.15, 0.2) is 54.6 Å². The first-order valence-electron chi connectivity index (χ1n) is 6.38. The lowest BCUT2D eigenvalue weighted by molar-refractivity contribution is -0.141. The number of carbonyl (C=O) groups is 2. The standard InChI is InChI=1S/C16H14ClNO3/c17-13-9-5-4-8-12(13)10-14(19)18-15(16(20)21)11-6-2-1-3-7-11/h1-9,15H,10H2,(H,18,19)(H,20,21). The van der Waals surface area contributed by atoms with E-state index in [9.17, 15) is 14.7 Å². The van der Waals surface area contributed by atoms with E-state index in [2.05, 4.69) is 5.32 Å². The van der Waals surface area contributed by atoms with Crippen molar-refractivity contribution in [1.29, 1.82) is 0 Å². The molecule has 2 aromatic carbocycles. The zero-order chi connectivity index (χ0) is 15.2. The average molecular weight is 304 g/mol. The van der Waals surface area contributed by atoms with Crippen LogP contribution in [0.1, 0.15) is 17.2 Å². The summed E-state index contributed by atoms with van der Waals surface area (Å²) in [6.45, 7) is 0. The topological polar surface area (TPSA) is 66.4 Å². The Balaban J connectivity index is 2.10. The molecule has 2 N–H and O–H groups in total. The third-order valence-electron chi connectivity index (χ3n) is 2.99. The normalized spacial score (nSPS) is 11.7. The van der Waals surface area contributed by atoms with E-state index in [1.54, 1.807) is 54.6 Å². The molecule has 108 valence electrons. The molecule has 1 unspecified atom stereocenters. The fourth-order valence-electron chi connectivity index (χ4n) is 1.96. The van der Waals surface area contributed by atoms with Crippen LogP contribution in [0.2, 0.25) is 5.02 Å². The fourth-order valence-corrected chi connectivity index (χ4v) is 2.16. The van der Waals surface area contributed by atoms with Gasteiger partial charge in [-0.3, -0.25) is 4.79 Å². The molecule has 0 fully saturated rings. The number of hydrogen-bond donors (Lipinski definition) is 2. The van der Waals surface area contributed by atoms with E-state index >= 15 is 0 Å². The third-order valence-corrected chi connectivity index (χ3v) is 3.36. The molecule has 0 heterocycles. The van der Waals surface area contributed by atoms with Gasteiger partial charge in [-0.2, -0.15) is 0 Å². The molecule has 1 atom stereocenters. The maximum absolute atomic E-state index is 12.0. The van der Waals surface area contributed by atoms with Crippen LogP contribution < -0.4 is 5.32 Å². The SMILES string of the molecule is O=C(Cc1ccccc1Cl)NC(C(=O)O)c1ccccc1. The van der Waals surface area contributed by atoms with Gasteiger partial charge in [-0.25, -0.2) is 4.79 Å². The molecule has 5 heteroatoms. The molecule has 0 aromatic heterocycles. The summed E-state index contributed by atoms with van der Waals surface area (Å²) in [6, 6.07) is 14.5. The Kier molecular flexibility index (Phi) is 4.95. The van der Waals surface area contributed by atoms with Crippen molar-refractivity contribution in [3.05, 3.63) is 70.7 Å². The summed E-state index contributed by atoms with van der Waals surface area (Å²) in [6.07, 6.45) is 0.0380. The first-order valence-corrected chi connectivity index (χ1v) is 6.76. The number of amides is 1. The predicted octanol–water partition coefficient (Wildman–Crippen LogP) is 2.82. The quantitative estimate of drug-likeness (QED) is 0.892. The minimum atomic E-state index is -1.10. The van der Waals surface area contributed by atoms with Gasteiger partial charge in [-0.15, -0.1) is 0 Å². The molecule has 0 aliphatic rings. The largest absolute Gasteiger partial charge is 0.479 e. The molecular formula is C16H14ClNO3. The fraction of sp³-hybridized carbons (Fsp3) is 0.125. The predicted molar refractivity (Wildman–Crippen MR) is 80.1 cm³/mol. The Morgan fingerprint density at radius 2 is 1.67 bits per heavy atom. The molecule has 0 radical (unpaired) electrons. The van der Waals surface area contributed by atoms with Crippen molar-refractivity contribution in [2.75, 3.05) is 0 Å². The highest BCUT2D eigenvalue weighted by Gasteiger charge is 2.22. The van der Waals surface area contributed by atoms with Gasteiger partial charge in [-0.05, 0) is 17.2 Å². The molecule has 0 aliphatic heterocycles. The van der Waals surface area contributed by atoms with Crippen LogP contribution >= 0.6 is 11.6 Å². The first-order chi connectivity index (χ1) is 10.1. The molecular weight excluding hydrogens is 290 g/mol. The zero-order valence-corrected chi connectivity index (χ0v) is 11.9. The second kappa shape index (κ2) is 6.90. The van der Waals surface area contributed by atoms with Crippen molar-refractivity contribution in [2.24, 2.45) is 0 Å². The van der Waals surface area contributed by atoms with E-state index < -0.39 is 12.0 Å². The van der Waals surface area contributed by atoms with E-state index in [1.807, 2.05) is 0 Å². The van der Waals surface area contributed by atoms with Gasteiger partial charge in [0.2, 0.25) is 5.91 Å². The molecule has 4 nitrogen and oxygen atoms in total. The van der Waals surface area contributed by atoms with Crippen LogP contribution in [0.5, 0.6) is 0 Å². The van der Waals surface area contributed by atoms with Crippen LogP contribution in [0, 0.1) is 0 Å². The lowest BCUT2D eigenvalue weighted by Crippen LogP contribution is -2.34. The van der Waals surface area contributed by atoms with Crippen LogP contribution in [-0.4, -0.2) is 17.0 Å². The maximum atomic E-state index is 12.0. The molecule has 0 saturated carbocycles. The minimum absolute atomic E-state index is 0.0380. The molecule has 0 bridgehead atoms. The van der Waals surface area contributed by atoms with Gasteiger partial charge in [-0.1, -0.05) is 60.1 Å². The average Bonchev–Trinajstić information content (AvgIpc) is 2.48. The number of nitrogens with one attached hydrogen (secondary N) is 1. The highest BCUT2D eigenvalue weighted by molar-refractivity contribution is 6.31. The Bertz CT molecular complexity index is 643. The lowest BCUT2D eigenvalue weighted by Gasteiger charge is -2.15. The van der Waals surface area contributed by atoms with E-state index in [0.29, 0.717) is 16.1 Å². The van der Waals surface area contributed by atoms with E-state index in [4.69, 9.17) is 11.6 Å². The minimum Gasteiger partial charge on any atom is -0.479 e. The van der Waals surface area contributed by atoms with E-state index in [0.717, 1.165) is 0 Å². The number of halogens is 1. The molecule has 0 saturated heterocycles. The van der Waals surface area contributed by atoms with E-state index in [-0.39, 0.29) is 12.3 Å². The smallest absolute Gasteiger partial charge is 0.330 e. The van der Waals surface area contributed by atoms with Gasteiger partial charge in [0.15, 0.2) is 6.04 Å². The van der Waals surface area contributed by atoms with Gasteiger partial charge in [0.1, 0.15) is 0 Å². The van der Waals surface area contributed by atoms with Crippen LogP contribution in [0.25, 0.3) is 0 Å². The number of carboxylic acids is 1. The summed E-state index contributed by atoms with van der Waals surface area (Å²) in [5, 5.41) is 12.3. The Morgan fingerprint density at radius 3 is 2.29 bits per heavy atom. The maximum Gasteiger partial charge on any atom is 0.330 e. The van der Waals surface area contributed by atoms with Crippen molar-refractivity contribution in [2.45, 2.75) is 12.5 Å². The van der Waals surface area contributed by atoms with Gasteiger partial charge in [0, 0.05) is 5.02 Å². The molecule has 21 heavy (non-hydrogen) atoms. The van der Waals surface area contributed by atoms with E-state index in [1.165, 1.54) is 0 Å². The first kappa shape index (κ1) is 15.1. The van der Waals surface area contributed by atoms with Crippen molar-refractivity contribution in [3.8, 4) is 0 Å². The Labute approximate surface area is 127 Å². The molecule has 0 spiro atoms.